The molecule has 0 atom stereocenters. The summed E-state index contributed by atoms with van der Waals surface area (Å²) >= 11 is 0. The third-order valence-corrected chi connectivity index (χ3v) is 12.2. The highest BCUT2D eigenvalue weighted by Crippen LogP contribution is 2.51. The Labute approximate surface area is 346 Å². The lowest BCUT2D eigenvalue weighted by molar-refractivity contribution is 0.660. The van der Waals surface area contributed by atoms with Crippen molar-refractivity contribution in [3.05, 3.63) is 210 Å². The molecule has 0 spiro atoms. The Bertz CT molecular complexity index is 2980. The number of rotatable bonds is 6. The fourth-order valence-electron chi connectivity index (χ4n) is 9.27. The van der Waals surface area contributed by atoms with Crippen LogP contribution in [0.25, 0.3) is 89.8 Å². The van der Waals surface area contributed by atoms with Gasteiger partial charge in [0, 0.05) is 22.1 Å². The van der Waals surface area contributed by atoms with E-state index in [0.29, 0.717) is 17.5 Å². The van der Waals surface area contributed by atoms with Crippen molar-refractivity contribution < 1.29 is 0 Å². The van der Waals surface area contributed by atoms with Crippen molar-refractivity contribution in [1.29, 1.82) is 0 Å². The van der Waals surface area contributed by atoms with Gasteiger partial charge in [0.05, 0.1) is 0 Å². The Morgan fingerprint density at radius 1 is 0.322 bits per heavy atom. The van der Waals surface area contributed by atoms with Crippen LogP contribution >= 0.6 is 0 Å². The highest BCUT2D eigenvalue weighted by Gasteiger charge is 2.35. The zero-order valence-corrected chi connectivity index (χ0v) is 32.4. The maximum Gasteiger partial charge on any atom is 0.164 e. The van der Waals surface area contributed by atoms with Crippen molar-refractivity contribution in [3.8, 4) is 89.8 Å². The second-order valence-electron chi connectivity index (χ2n) is 16.0. The lowest BCUT2D eigenvalue weighted by Crippen LogP contribution is -2.14. The maximum absolute atomic E-state index is 5.08. The van der Waals surface area contributed by atoms with Gasteiger partial charge >= 0.3 is 0 Å². The smallest absolute Gasteiger partial charge is 0.164 e. The van der Waals surface area contributed by atoms with E-state index in [9.17, 15) is 0 Å². The van der Waals surface area contributed by atoms with Gasteiger partial charge in [-0.15, -0.1) is 0 Å². The van der Waals surface area contributed by atoms with Crippen LogP contribution in [0.3, 0.4) is 0 Å². The van der Waals surface area contributed by atoms with E-state index in [2.05, 4.69) is 166 Å². The van der Waals surface area contributed by atoms with E-state index in [1.165, 1.54) is 72.3 Å². The Hall–Kier alpha value is -7.23. The molecule has 282 valence electrons. The van der Waals surface area contributed by atoms with Crippen molar-refractivity contribution in [2.45, 2.75) is 33.1 Å². The molecule has 0 N–H and O–H groups in total. The van der Waals surface area contributed by atoms with Crippen LogP contribution in [-0.4, -0.2) is 15.0 Å². The average molecular weight is 758 g/mol. The van der Waals surface area contributed by atoms with Crippen molar-refractivity contribution in [3.63, 3.8) is 0 Å². The van der Waals surface area contributed by atoms with E-state index < -0.39 is 0 Å². The minimum Gasteiger partial charge on any atom is -0.208 e. The van der Waals surface area contributed by atoms with E-state index in [1.807, 2.05) is 36.4 Å². The number of hydrogen-bond acceptors (Lipinski definition) is 3. The van der Waals surface area contributed by atoms with Gasteiger partial charge < -0.3 is 0 Å². The van der Waals surface area contributed by atoms with Gasteiger partial charge in [-0.1, -0.05) is 185 Å². The first-order valence-corrected chi connectivity index (χ1v) is 20.1. The molecule has 3 heteroatoms. The Morgan fingerprint density at radius 3 is 1.49 bits per heavy atom. The Balaban J connectivity index is 0.00000420. The number of aromatic nitrogens is 3. The lowest BCUT2D eigenvalue weighted by atomic mass is 9.81. The molecule has 0 radical (unpaired) electrons. The van der Waals surface area contributed by atoms with Gasteiger partial charge in [-0.2, -0.15) is 0 Å². The molecule has 11 rings (SSSR count). The SMILES string of the molecule is C.CC1(C)c2ccccc2-c2ccc(-c3cccc4c3Cc3c(-c5cccc(-c6nc(-c7ccccc7)nc(-c7ccccc7)n6)c5)cc(-c5ccccc5)cc3-4)cc21. The summed E-state index contributed by atoms with van der Waals surface area (Å²) in [6, 6.07) is 67.5. The van der Waals surface area contributed by atoms with Gasteiger partial charge in [0.2, 0.25) is 0 Å². The molecule has 0 fully saturated rings. The summed E-state index contributed by atoms with van der Waals surface area (Å²) in [5.74, 6) is 1.96. The van der Waals surface area contributed by atoms with Crippen LogP contribution in [0, 0.1) is 0 Å². The van der Waals surface area contributed by atoms with E-state index in [-0.39, 0.29) is 12.8 Å². The molecule has 0 aliphatic heterocycles. The van der Waals surface area contributed by atoms with Gasteiger partial charge in [-0.05, 0) is 109 Å². The normalized spacial score (nSPS) is 12.8. The van der Waals surface area contributed by atoms with E-state index in [4.69, 9.17) is 15.0 Å². The molecular formula is C56H43N3. The first kappa shape index (κ1) is 36.1. The molecule has 9 aromatic rings. The summed E-state index contributed by atoms with van der Waals surface area (Å²) < 4.78 is 0. The standard InChI is InChI=1S/C55H39N3.CH4/c1-55(2)50-27-13-12-24-44(50)45-29-28-39(33-51(45)55)42-25-15-26-43-47-32-41(35-16-6-3-7-17-35)31-46(49(47)34-48(42)43)38-22-14-23-40(30-38)54-57-52(36-18-8-4-9-19-36)56-53(58-54)37-20-10-5-11-21-37;/h3-33H,34H2,1-2H3;1H4. The number of benzene rings is 8. The molecule has 1 aromatic heterocycles. The first-order chi connectivity index (χ1) is 28.5. The fraction of sp³-hybridized carbons (Fsp3) is 0.0893. The van der Waals surface area contributed by atoms with Crippen molar-refractivity contribution in [1.82, 2.24) is 15.0 Å². The number of nitrogens with zero attached hydrogens (tertiary/aromatic N) is 3. The van der Waals surface area contributed by atoms with Crippen molar-refractivity contribution in [2.24, 2.45) is 0 Å². The highest BCUT2D eigenvalue weighted by atomic mass is 15.0. The van der Waals surface area contributed by atoms with Crippen LogP contribution < -0.4 is 0 Å². The van der Waals surface area contributed by atoms with E-state index >= 15 is 0 Å². The molecule has 0 saturated carbocycles. The molecule has 0 unspecified atom stereocenters. The zero-order valence-electron chi connectivity index (χ0n) is 32.4. The zero-order chi connectivity index (χ0) is 38.8. The third kappa shape index (κ3) is 6.09. The summed E-state index contributed by atoms with van der Waals surface area (Å²) in [5.41, 5.74) is 21.0. The summed E-state index contributed by atoms with van der Waals surface area (Å²) in [5, 5.41) is 0. The van der Waals surface area contributed by atoms with Crippen LogP contribution in [0.2, 0.25) is 0 Å². The molecule has 0 saturated heterocycles. The number of hydrogen-bond donors (Lipinski definition) is 0. The van der Waals surface area contributed by atoms with Crippen LogP contribution in [0.15, 0.2) is 188 Å². The average Bonchev–Trinajstić information content (AvgIpc) is 3.78. The maximum atomic E-state index is 5.08. The molecular weight excluding hydrogens is 715 g/mol. The molecule has 2 aliphatic carbocycles. The second kappa shape index (κ2) is 14.3. The predicted octanol–water partition coefficient (Wildman–Crippen LogP) is 14.4. The van der Waals surface area contributed by atoms with E-state index in [0.717, 1.165) is 28.7 Å². The lowest BCUT2D eigenvalue weighted by Gasteiger charge is -2.22. The van der Waals surface area contributed by atoms with Gasteiger partial charge in [0.15, 0.2) is 17.5 Å². The molecule has 8 aromatic carbocycles. The summed E-state index contributed by atoms with van der Waals surface area (Å²) in [6.45, 7) is 4.72. The summed E-state index contributed by atoms with van der Waals surface area (Å²) in [6.07, 6.45) is 0.845. The Kier molecular flexibility index (Phi) is 8.76. The third-order valence-electron chi connectivity index (χ3n) is 12.2. The van der Waals surface area contributed by atoms with Crippen LogP contribution in [0.5, 0.6) is 0 Å². The highest BCUT2D eigenvalue weighted by molar-refractivity contribution is 5.94. The van der Waals surface area contributed by atoms with E-state index in [1.54, 1.807) is 0 Å². The van der Waals surface area contributed by atoms with Crippen LogP contribution in [0.1, 0.15) is 43.5 Å². The van der Waals surface area contributed by atoms with Crippen LogP contribution in [-0.2, 0) is 11.8 Å². The molecule has 3 nitrogen and oxygen atoms in total. The fourth-order valence-corrected chi connectivity index (χ4v) is 9.27. The number of fused-ring (bicyclic) bond motifs is 6. The summed E-state index contributed by atoms with van der Waals surface area (Å²) in [7, 11) is 0. The van der Waals surface area contributed by atoms with Gasteiger partial charge in [0.25, 0.3) is 0 Å². The molecule has 59 heavy (non-hydrogen) atoms. The topological polar surface area (TPSA) is 38.7 Å². The van der Waals surface area contributed by atoms with Gasteiger partial charge in [0.1, 0.15) is 0 Å². The largest absolute Gasteiger partial charge is 0.208 e. The summed E-state index contributed by atoms with van der Waals surface area (Å²) in [4.78, 5) is 15.1. The monoisotopic (exact) mass is 757 g/mol. The van der Waals surface area contributed by atoms with Crippen molar-refractivity contribution in [2.75, 3.05) is 0 Å². The quantitative estimate of drug-likeness (QED) is 0.170. The minimum absolute atomic E-state index is 0. The molecule has 0 bridgehead atoms. The van der Waals surface area contributed by atoms with Crippen LogP contribution in [0.4, 0.5) is 0 Å². The Morgan fingerprint density at radius 2 is 0.797 bits per heavy atom. The molecule has 1 heterocycles. The second-order valence-corrected chi connectivity index (χ2v) is 16.0. The predicted molar refractivity (Wildman–Crippen MR) is 245 cm³/mol. The first-order valence-electron chi connectivity index (χ1n) is 20.1. The molecule has 2 aliphatic rings. The van der Waals surface area contributed by atoms with Crippen molar-refractivity contribution >= 4 is 0 Å². The molecule has 0 amide bonds. The van der Waals surface area contributed by atoms with Gasteiger partial charge in [-0.25, -0.2) is 15.0 Å². The van der Waals surface area contributed by atoms with Gasteiger partial charge in [-0.3, -0.25) is 0 Å². The minimum atomic E-state index is -0.0616.